The van der Waals surface area contributed by atoms with Crippen LogP contribution < -0.4 is 16.4 Å². The van der Waals surface area contributed by atoms with E-state index in [9.17, 15) is 4.79 Å². The van der Waals surface area contributed by atoms with E-state index in [1.165, 1.54) is 6.07 Å². The molecule has 6 heteroatoms. The monoisotopic (exact) mass is 251 g/mol. The van der Waals surface area contributed by atoms with Crippen LogP contribution in [0.5, 0.6) is 0 Å². The summed E-state index contributed by atoms with van der Waals surface area (Å²) in [5.41, 5.74) is 12.0. The van der Waals surface area contributed by atoms with Crippen molar-refractivity contribution in [2.45, 2.75) is 6.42 Å². The molecular formula is C12H21N5O. The van der Waals surface area contributed by atoms with E-state index in [-0.39, 0.29) is 0 Å². The number of carbonyl (C=O) groups excluding carboxylic acids is 1. The van der Waals surface area contributed by atoms with Crippen LogP contribution in [0.15, 0.2) is 12.3 Å². The van der Waals surface area contributed by atoms with Gasteiger partial charge >= 0.3 is 0 Å². The maximum Gasteiger partial charge on any atom is 0.251 e. The average Bonchev–Trinajstić information content (AvgIpc) is 2.28. The van der Waals surface area contributed by atoms with Gasteiger partial charge in [-0.3, -0.25) is 4.79 Å². The average molecular weight is 251 g/mol. The van der Waals surface area contributed by atoms with Gasteiger partial charge in [-0.15, -0.1) is 0 Å². The predicted octanol–water partition coefficient (Wildman–Crippen LogP) is 0.151. The van der Waals surface area contributed by atoms with Crippen molar-refractivity contribution >= 4 is 17.4 Å². The van der Waals surface area contributed by atoms with E-state index in [1.807, 2.05) is 26.0 Å². The van der Waals surface area contributed by atoms with Gasteiger partial charge in [-0.05, 0) is 33.1 Å². The fourth-order valence-electron chi connectivity index (χ4n) is 1.71. The Kier molecular flexibility index (Phi) is 4.91. The van der Waals surface area contributed by atoms with Crippen molar-refractivity contribution in [3.05, 3.63) is 17.8 Å². The van der Waals surface area contributed by atoms with Crippen LogP contribution in [0.4, 0.5) is 11.5 Å². The van der Waals surface area contributed by atoms with Gasteiger partial charge in [0.05, 0.1) is 17.4 Å². The zero-order valence-electron chi connectivity index (χ0n) is 11.2. The molecule has 4 N–H and O–H groups in total. The topological polar surface area (TPSA) is 88.5 Å². The first-order valence-corrected chi connectivity index (χ1v) is 5.83. The summed E-state index contributed by atoms with van der Waals surface area (Å²) in [6.07, 6.45) is 2.58. The van der Waals surface area contributed by atoms with Crippen LogP contribution in [0.2, 0.25) is 0 Å². The minimum atomic E-state index is -0.487. The highest BCUT2D eigenvalue weighted by molar-refractivity contribution is 5.99. The van der Waals surface area contributed by atoms with Crippen LogP contribution in [-0.4, -0.2) is 50.0 Å². The summed E-state index contributed by atoms with van der Waals surface area (Å²) in [5, 5.41) is 0. The Bertz CT molecular complexity index is 419. The number of primary amides is 1. The van der Waals surface area contributed by atoms with Gasteiger partial charge in [0, 0.05) is 13.6 Å². The zero-order chi connectivity index (χ0) is 13.7. The summed E-state index contributed by atoms with van der Waals surface area (Å²) in [6.45, 7) is 1.81. The van der Waals surface area contributed by atoms with Gasteiger partial charge in [0.15, 0.2) is 0 Å². The number of anilines is 2. The zero-order valence-corrected chi connectivity index (χ0v) is 11.2. The lowest BCUT2D eigenvalue weighted by Gasteiger charge is -2.22. The molecule has 1 rings (SSSR count). The largest absolute Gasteiger partial charge is 0.384 e. The molecule has 0 spiro atoms. The lowest BCUT2D eigenvalue weighted by molar-refractivity contribution is 0.100. The molecule has 0 radical (unpaired) electrons. The second kappa shape index (κ2) is 6.20. The highest BCUT2D eigenvalue weighted by Gasteiger charge is 2.13. The van der Waals surface area contributed by atoms with E-state index < -0.39 is 5.91 Å². The Morgan fingerprint density at radius 3 is 2.56 bits per heavy atom. The summed E-state index contributed by atoms with van der Waals surface area (Å²) >= 11 is 0. The third-order valence-corrected chi connectivity index (χ3v) is 2.68. The fourth-order valence-corrected chi connectivity index (χ4v) is 1.71. The molecule has 6 nitrogen and oxygen atoms in total. The maximum absolute atomic E-state index is 11.4. The van der Waals surface area contributed by atoms with Gasteiger partial charge in [0.1, 0.15) is 5.82 Å². The third-order valence-electron chi connectivity index (χ3n) is 2.68. The van der Waals surface area contributed by atoms with Crippen molar-refractivity contribution in [2.24, 2.45) is 5.73 Å². The predicted molar refractivity (Wildman–Crippen MR) is 73.6 cm³/mol. The minimum absolute atomic E-state index is 0.300. The summed E-state index contributed by atoms with van der Waals surface area (Å²) in [7, 11) is 5.97. The number of nitrogen functional groups attached to an aromatic ring is 1. The number of rotatable bonds is 6. The van der Waals surface area contributed by atoms with Crippen LogP contribution in [0.3, 0.4) is 0 Å². The molecule has 0 bridgehead atoms. The fraction of sp³-hybridized carbons (Fsp3) is 0.500. The van der Waals surface area contributed by atoms with E-state index in [1.54, 1.807) is 6.20 Å². The molecule has 1 amide bonds. The maximum atomic E-state index is 11.4. The molecule has 1 heterocycles. The summed E-state index contributed by atoms with van der Waals surface area (Å²) in [6, 6.07) is 1.51. The Hall–Kier alpha value is -1.82. The van der Waals surface area contributed by atoms with Gasteiger partial charge in [0.25, 0.3) is 5.91 Å². The molecule has 0 saturated heterocycles. The number of carbonyl (C=O) groups is 1. The van der Waals surface area contributed by atoms with Crippen LogP contribution in [0.25, 0.3) is 0 Å². The lowest BCUT2D eigenvalue weighted by atomic mass is 10.2. The van der Waals surface area contributed by atoms with Crippen LogP contribution in [0, 0.1) is 0 Å². The van der Waals surface area contributed by atoms with E-state index >= 15 is 0 Å². The van der Waals surface area contributed by atoms with E-state index in [0.29, 0.717) is 11.4 Å². The van der Waals surface area contributed by atoms with E-state index in [0.717, 1.165) is 25.2 Å². The van der Waals surface area contributed by atoms with Gasteiger partial charge in [-0.2, -0.15) is 0 Å². The standard InChI is InChI=1S/C12H21N5O/c1-16(2)5-4-6-17(3)10-8-15-11(13)7-9(10)12(14)18/h7-8H,4-6H2,1-3H3,(H2,13,15)(H2,14,18). The highest BCUT2D eigenvalue weighted by atomic mass is 16.1. The van der Waals surface area contributed by atoms with Crippen molar-refractivity contribution < 1.29 is 4.79 Å². The number of pyridine rings is 1. The molecule has 100 valence electrons. The number of nitrogens with two attached hydrogens (primary N) is 2. The normalized spacial score (nSPS) is 10.7. The van der Waals surface area contributed by atoms with E-state index in [2.05, 4.69) is 9.88 Å². The molecule has 0 unspecified atom stereocenters. The molecule has 1 aromatic heterocycles. The first-order valence-electron chi connectivity index (χ1n) is 5.83. The smallest absolute Gasteiger partial charge is 0.251 e. The number of hydrogen-bond donors (Lipinski definition) is 2. The molecule has 1 aromatic rings. The molecule has 0 atom stereocenters. The molecule has 0 aliphatic heterocycles. The van der Waals surface area contributed by atoms with Crippen LogP contribution in [-0.2, 0) is 0 Å². The first kappa shape index (κ1) is 14.2. The molecule has 0 aliphatic carbocycles. The molecule has 0 aliphatic rings. The summed E-state index contributed by atoms with van der Waals surface area (Å²) in [4.78, 5) is 19.5. The van der Waals surface area contributed by atoms with Crippen molar-refractivity contribution in [2.75, 3.05) is 44.9 Å². The highest BCUT2D eigenvalue weighted by Crippen LogP contribution is 2.19. The van der Waals surface area contributed by atoms with Gasteiger partial charge in [-0.25, -0.2) is 4.98 Å². The lowest BCUT2D eigenvalue weighted by Crippen LogP contribution is -2.26. The van der Waals surface area contributed by atoms with Crippen LogP contribution in [0.1, 0.15) is 16.8 Å². The van der Waals surface area contributed by atoms with Crippen molar-refractivity contribution in [1.82, 2.24) is 9.88 Å². The number of amides is 1. The number of aromatic nitrogens is 1. The summed E-state index contributed by atoms with van der Waals surface area (Å²) < 4.78 is 0. The Morgan fingerprint density at radius 1 is 1.33 bits per heavy atom. The number of hydrogen-bond acceptors (Lipinski definition) is 5. The molecule has 18 heavy (non-hydrogen) atoms. The second-order valence-corrected chi connectivity index (χ2v) is 4.57. The first-order chi connectivity index (χ1) is 8.41. The quantitative estimate of drug-likeness (QED) is 0.751. The van der Waals surface area contributed by atoms with Crippen molar-refractivity contribution in [1.29, 1.82) is 0 Å². The third kappa shape index (κ3) is 3.89. The Labute approximate surface area is 108 Å². The van der Waals surface area contributed by atoms with E-state index in [4.69, 9.17) is 11.5 Å². The van der Waals surface area contributed by atoms with Crippen molar-refractivity contribution in [3.63, 3.8) is 0 Å². The van der Waals surface area contributed by atoms with Gasteiger partial charge in [-0.1, -0.05) is 0 Å². The van der Waals surface area contributed by atoms with Crippen molar-refractivity contribution in [3.8, 4) is 0 Å². The minimum Gasteiger partial charge on any atom is -0.384 e. The molecule has 0 aromatic carbocycles. The Balaban J connectivity index is 2.78. The van der Waals surface area contributed by atoms with Gasteiger partial charge in [0.2, 0.25) is 0 Å². The Morgan fingerprint density at radius 2 is 2.00 bits per heavy atom. The number of nitrogens with zero attached hydrogens (tertiary/aromatic N) is 3. The molecule has 0 fully saturated rings. The molecular weight excluding hydrogens is 230 g/mol. The SMILES string of the molecule is CN(C)CCCN(C)c1cnc(N)cc1C(N)=O. The van der Waals surface area contributed by atoms with Gasteiger partial charge < -0.3 is 21.3 Å². The second-order valence-electron chi connectivity index (χ2n) is 4.57. The molecule has 0 saturated carbocycles. The summed E-state index contributed by atoms with van der Waals surface area (Å²) in [5.74, 6) is -0.187. The van der Waals surface area contributed by atoms with Crippen LogP contribution >= 0.6 is 0 Å².